The second-order valence-corrected chi connectivity index (χ2v) is 3.98. The zero-order valence-corrected chi connectivity index (χ0v) is 10.3. The molecule has 0 saturated heterocycles. The SMILES string of the molecule is [c]1ccc(OCCCOCc2ccccc2)cc1. The highest BCUT2D eigenvalue weighted by Crippen LogP contribution is 2.08. The van der Waals surface area contributed by atoms with Crippen molar-refractivity contribution < 1.29 is 9.47 Å². The maximum atomic E-state index is 5.57. The van der Waals surface area contributed by atoms with Gasteiger partial charge in [-0.25, -0.2) is 0 Å². The number of hydrogen-bond acceptors (Lipinski definition) is 2. The molecule has 0 N–H and O–H groups in total. The van der Waals surface area contributed by atoms with E-state index in [0.717, 1.165) is 12.2 Å². The van der Waals surface area contributed by atoms with Gasteiger partial charge in [0.05, 0.1) is 19.8 Å². The van der Waals surface area contributed by atoms with E-state index in [1.165, 1.54) is 5.56 Å². The van der Waals surface area contributed by atoms with Crippen LogP contribution in [0.25, 0.3) is 0 Å². The quantitative estimate of drug-likeness (QED) is 0.691. The Morgan fingerprint density at radius 2 is 1.67 bits per heavy atom. The first-order chi connectivity index (χ1) is 8.95. The first-order valence-electron chi connectivity index (χ1n) is 6.16. The molecule has 2 aromatic carbocycles. The van der Waals surface area contributed by atoms with Crippen molar-refractivity contribution in [2.24, 2.45) is 0 Å². The topological polar surface area (TPSA) is 18.5 Å². The first kappa shape index (κ1) is 12.7. The van der Waals surface area contributed by atoms with Gasteiger partial charge in [0, 0.05) is 6.42 Å². The molecule has 18 heavy (non-hydrogen) atoms. The Balaban J connectivity index is 1.54. The third kappa shape index (κ3) is 4.60. The van der Waals surface area contributed by atoms with Crippen molar-refractivity contribution in [1.82, 2.24) is 0 Å². The lowest BCUT2D eigenvalue weighted by Crippen LogP contribution is -2.03. The smallest absolute Gasteiger partial charge is 0.119 e. The molecule has 0 fully saturated rings. The lowest BCUT2D eigenvalue weighted by Gasteiger charge is -2.06. The third-order valence-corrected chi connectivity index (χ3v) is 2.50. The van der Waals surface area contributed by atoms with E-state index in [1.807, 2.05) is 42.5 Å². The van der Waals surface area contributed by atoms with Crippen LogP contribution in [0.4, 0.5) is 0 Å². The first-order valence-corrected chi connectivity index (χ1v) is 6.16. The molecule has 2 heteroatoms. The third-order valence-electron chi connectivity index (χ3n) is 2.50. The van der Waals surface area contributed by atoms with Crippen LogP contribution in [0.3, 0.4) is 0 Å². The normalized spacial score (nSPS) is 10.2. The van der Waals surface area contributed by atoms with Crippen molar-refractivity contribution in [2.45, 2.75) is 13.0 Å². The summed E-state index contributed by atoms with van der Waals surface area (Å²) in [6.45, 7) is 2.06. The zero-order chi connectivity index (χ0) is 12.5. The van der Waals surface area contributed by atoms with Crippen LogP contribution in [0, 0.1) is 6.07 Å². The van der Waals surface area contributed by atoms with Crippen LogP contribution < -0.4 is 4.74 Å². The molecule has 1 radical (unpaired) electrons. The minimum Gasteiger partial charge on any atom is -0.494 e. The van der Waals surface area contributed by atoms with Crippen molar-refractivity contribution >= 4 is 0 Å². The fourth-order valence-electron chi connectivity index (χ4n) is 1.58. The summed E-state index contributed by atoms with van der Waals surface area (Å²) in [5.41, 5.74) is 1.21. The molecule has 0 aliphatic carbocycles. The van der Waals surface area contributed by atoms with Crippen LogP contribution in [-0.4, -0.2) is 13.2 Å². The minimum absolute atomic E-state index is 0.668. The predicted octanol–water partition coefficient (Wildman–Crippen LogP) is 3.47. The molecule has 0 aliphatic heterocycles. The average Bonchev–Trinajstić information content (AvgIpc) is 2.45. The maximum Gasteiger partial charge on any atom is 0.119 e. The zero-order valence-electron chi connectivity index (χ0n) is 10.3. The van der Waals surface area contributed by atoms with E-state index < -0.39 is 0 Å². The fourth-order valence-corrected chi connectivity index (χ4v) is 1.58. The summed E-state index contributed by atoms with van der Waals surface area (Å²) in [6.07, 6.45) is 0.894. The average molecular weight is 241 g/mol. The van der Waals surface area contributed by atoms with E-state index in [2.05, 4.69) is 18.2 Å². The number of ether oxygens (including phenoxy) is 2. The second-order valence-electron chi connectivity index (χ2n) is 3.98. The van der Waals surface area contributed by atoms with Crippen molar-refractivity contribution in [1.29, 1.82) is 0 Å². The molecule has 0 amide bonds. The molecule has 93 valence electrons. The molecule has 2 aromatic rings. The molecule has 0 bridgehead atoms. The van der Waals surface area contributed by atoms with E-state index in [4.69, 9.17) is 9.47 Å². The van der Waals surface area contributed by atoms with Crippen molar-refractivity contribution in [3.63, 3.8) is 0 Å². The summed E-state index contributed by atoms with van der Waals surface area (Å²) in [6, 6.07) is 20.7. The molecule has 0 saturated carbocycles. The predicted molar refractivity (Wildman–Crippen MR) is 71.5 cm³/mol. The van der Waals surface area contributed by atoms with E-state index in [1.54, 1.807) is 0 Å². The van der Waals surface area contributed by atoms with Gasteiger partial charge in [0.15, 0.2) is 0 Å². The molecule has 0 atom stereocenters. The van der Waals surface area contributed by atoms with E-state index in [9.17, 15) is 0 Å². The van der Waals surface area contributed by atoms with Crippen molar-refractivity contribution in [2.75, 3.05) is 13.2 Å². The Morgan fingerprint density at radius 1 is 0.889 bits per heavy atom. The Morgan fingerprint density at radius 3 is 2.44 bits per heavy atom. The minimum atomic E-state index is 0.668. The Kier molecular flexibility index (Phi) is 5.28. The highest BCUT2D eigenvalue weighted by molar-refractivity contribution is 5.20. The summed E-state index contributed by atoms with van der Waals surface area (Å²) in [4.78, 5) is 0. The summed E-state index contributed by atoms with van der Waals surface area (Å²) in [7, 11) is 0. The van der Waals surface area contributed by atoms with Gasteiger partial charge in [-0.15, -0.1) is 0 Å². The Hall–Kier alpha value is -1.80. The number of benzene rings is 2. The molecular formula is C16H17O2. The van der Waals surface area contributed by atoms with Crippen molar-refractivity contribution in [3.8, 4) is 5.75 Å². The lowest BCUT2D eigenvalue weighted by molar-refractivity contribution is 0.107. The Bertz CT molecular complexity index is 382. The van der Waals surface area contributed by atoms with Crippen LogP contribution in [0.5, 0.6) is 5.75 Å². The maximum absolute atomic E-state index is 5.57. The number of rotatable bonds is 7. The van der Waals surface area contributed by atoms with Gasteiger partial charge in [-0.3, -0.25) is 0 Å². The van der Waals surface area contributed by atoms with Crippen LogP contribution >= 0.6 is 0 Å². The monoisotopic (exact) mass is 241 g/mol. The largest absolute Gasteiger partial charge is 0.494 e. The van der Waals surface area contributed by atoms with E-state index >= 15 is 0 Å². The second kappa shape index (κ2) is 7.51. The molecule has 0 spiro atoms. The summed E-state index contributed by atoms with van der Waals surface area (Å²) in [5, 5.41) is 0. The van der Waals surface area contributed by atoms with Gasteiger partial charge in [0.25, 0.3) is 0 Å². The van der Waals surface area contributed by atoms with E-state index in [-0.39, 0.29) is 0 Å². The summed E-state index contributed by atoms with van der Waals surface area (Å²) < 4.78 is 11.1. The fraction of sp³-hybridized carbons (Fsp3) is 0.250. The summed E-state index contributed by atoms with van der Waals surface area (Å²) in [5.74, 6) is 0.886. The van der Waals surface area contributed by atoms with Crippen LogP contribution in [0.15, 0.2) is 54.6 Å². The molecule has 0 aliphatic rings. The Labute approximate surface area is 108 Å². The van der Waals surface area contributed by atoms with Gasteiger partial charge in [-0.05, 0) is 23.8 Å². The molecular weight excluding hydrogens is 224 g/mol. The standard InChI is InChI=1S/C16H17O2/c1-3-8-15(9-4-1)14-17-12-7-13-18-16-10-5-2-6-11-16/h1,3-6,8-11H,7,12-14H2. The molecule has 0 aromatic heterocycles. The van der Waals surface area contributed by atoms with Gasteiger partial charge in [0.2, 0.25) is 0 Å². The molecule has 2 rings (SSSR count). The molecule has 2 nitrogen and oxygen atoms in total. The highest BCUT2D eigenvalue weighted by atomic mass is 16.5. The van der Waals surface area contributed by atoms with E-state index in [0.29, 0.717) is 19.8 Å². The van der Waals surface area contributed by atoms with Crippen LogP contribution in [0.2, 0.25) is 0 Å². The summed E-state index contributed by atoms with van der Waals surface area (Å²) >= 11 is 0. The molecule has 0 heterocycles. The van der Waals surface area contributed by atoms with Gasteiger partial charge >= 0.3 is 0 Å². The van der Waals surface area contributed by atoms with Gasteiger partial charge < -0.3 is 9.47 Å². The van der Waals surface area contributed by atoms with Gasteiger partial charge in [0.1, 0.15) is 5.75 Å². The van der Waals surface area contributed by atoms with Crippen molar-refractivity contribution in [3.05, 3.63) is 66.2 Å². The highest BCUT2D eigenvalue weighted by Gasteiger charge is 1.94. The number of hydrogen-bond donors (Lipinski definition) is 0. The van der Waals surface area contributed by atoms with Gasteiger partial charge in [-0.2, -0.15) is 0 Å². The van der Waals surface area contributed by atoms with Gasteiger partial charge in [-0.1, -0.05) is 42.5 Å². The van der Waals surface area contributed by atoms with Crippen LogP contribution in [0.1, 0.15) is 12.0 Å². The van der Waals surface area contributed by atoms with Crippen LogP contribution in [-0.2, 0) is 11.3 Å². The molecule has 0 unspecified atom stereocenters. The lowest BCUT2D eigenvalue weighted by atomic mass is 10.2.